The van der Waals surface area contributed by atoms with Gasteiger partial charge in [-0.25, -0.2) is 0 Å². The molecule has 0 saturated carbocycles. The summed E-state index contributed by atoms with van der Waals surface area (Å²) in [6, 6.07) is 13.6. The molecule has 2 N–H and O–H groups in total. The van der Waals surface area contributed by atoms with Gasteiger partial charge in [0.15, 0.2) is 0 Å². The van der Waals surface area contributed by atoms with Gasteiger partial charge in [0.25, 0.3) is 11.6 Å². The Morgan fingerprint density at radius 1 is 1.12 bits per heavy atom. The second-order valence-corrected chi connectivity index (χ2v) is 5.94. The maximum absolute atomic E-state index is 12.1. The van der Waals surface area contributed by atoms with Crippen LogP contribution in [0.1, 0.15) is 15.9 Å². The number of nitro benzene ring substituents is 1. The highest BCUT2D eigenvalue weighted by molar-refractivity contribution is 7.98. The normalized spacial score (nSPS) is 10.1. The summed E-state index contributed by atoms with van der Waals surface area (Å²) in [6.45, 7) is 0.160. The van der Waals surface area contributed by atoms with Crippen molar-refractivity contribution in [3.8, 4) is 0 Å². The summed E-state index contributed by atoms with van der Waals surface area (Å²) in [7, 11) is 0. The van der Waals surface area contributed by atoms with Crippen LogP contribution < -0.4 is 10.6 Å². The van der Waals surface area contributed by atoms with Gasteiger partial charge in [-0.2, -0.15) is 0 Å². The highest BCUT2D eigenvalue weighted by Crippen LogP contribution is 2.28. The lowest BCUT2D eigenvalue weighted by molar-refractivity contribution is -0.387. The molecule has 0 atom stereocenters. The van der Waals surface area contributed by atoms with E-state index in [2.05, 4.69) is 10.6 Å². The maximum Gasteiger partial charge on any atom is 0.283 e. The number of carbonyl (C=O) groups is 2. The van der Waals surface area contributed by atoms with Crippen LogP contribution in [0.2, 0.25) is 0 Å². The lowest BCUT2D eigenvalue weighted by Crippen LogP contribution is -2.36. The first-order valence-corrected chi connectivity index (χ1v) is 8.65. The molecule has 0 aliphatic heterocycles. The van der Waals surface area contributed by atoms with Gasteiger partial charge >= 0.3 is 0 Å². The van der Waals surface area contributed by atoms with Gasteiger partial charge in [0.1, 0.15) is 0 Å². The molecular formula is C17H17N3O4S. The maximum atomic E-state index is 12.1. The third-order valence-electron chi connectivity index (χ3n) is 3.38. The molecule has 0 bridgehead atoms. The first kappa shape index (κ1) is 18.5. The van der Waals surface area contributed by atoms with Crippen molar-refractivity contribution >= 4 is 29.3 Å². The SMILES string of the molecule is CSc1ccc(C(=O)NCC(=O)NCc2ccccc2)cc1[N+](=O)[O-]. The van der Waals surface area contributed by atoms with Crippen LogP contribution >= 0.6 is 11.8 Å². The topological polar surface area (TPSA) is 101 Å². The van der Waals surface area contributed by atoms with Crippen LogP contribution in [0.25, 0.3) is 0 Å². The molecule has 2 aromatic carbocycles. The van der Waals surface area contributed by atoms with E-state index in [9.17, 15) is 19.7 Å². The predicted octanol–water partition coefficient (Wildman–Crippen LogP) is 2.36. The summed E-state index contributed by atoms with van der Waals surface area (Å²) in [6.07, 6.45) is 1.72. The monoisotopic (exact) mass is 359 g/mol. The number of rotatable bonds is 7. The molecule has 0 saturated heterocycles. The number of hydrogen-bond acceptors (Lipinski definition) is 5. The second kappa shape index (κ2) is 8.84. The van der Waals surface area contributed by atoms with Crippen LogP contribution in [0.15, 0.2) is 53.4 Å². The van der Waals surface area contributed by atoms with Crippen molar-refractivity contribution in [3.05, 3.63) is 69.8 Å². The predicted molar refractivity (Wildman–Crippen MR) is 95.5 cm³/mol. The van der Waals surface area contributed by atoms with Crippen LogP contribution in [0.3, 0.4) is 0 Å². The van der Waals surface area contributed by atoms with Crippen molar-refractivity contribution < 1.29 is 14.5 Å². The molecule has 0 fully saturated rings. The molecule has 0 radical (unpaired) electrons. The minimum absolute atomic E-state index is 0.131. The number of benzene rings is 2. The minimum Gasteiger partial charge on any atom is -0.350 e. The molecule has 7 nitrogen and oxygen atoms in total. The highest BCUT2D eigenvalue weighted by atomic mass is 32.2. The van der Waals surface area contributed by atoms with E-state index in [1.54, 1.807) is 6.26 Å². The summed E-state index contributed by atoms with van der Waals surface area (Å²) in [5.74, 6) is -0.877. The molecule has 130 valence electrons. The van der Waals surface area contributed by atoms with Crippen molar-refractivity contribution in [2.24, 2.45) is 0 Å². The zero-order valence-electron chi connectivity index (χ0n) is 13.5. The Balaban J connectivity index is 1.90. The standard InChI is InChI=1S/C17H17N3O4S/c1-25-15-8-7-13(9-14(15)20(23)24)17(22)19-11-16(21)18-10-12-5-3-2-4-6-12/h2-9H,10-11H2,1H3,(H,18,21)(H,19,22). The molecule has 0 spiro atoms. The number of amides is 2. The summed E-state index contributed by atoms with van der Waals surface area (Å²) >= 11 is 1.23. The summed E-state index contributed by atoms with van der Waals surface area (Å²) in [5, 5.41) is 16.2. The molecule has 8 heteroatoms. The molecular weight excluding hydrogens is 342 g/mol. The molecule has 2 amide bonds. The first-order valence-electron chi connectivity index (χ1n) is 7.42. The first-order chi connectivity index (χ1) is 12.0. The van der Waals surface area contributed by atoms with E-state index in [1.165, 1.54) is 30.0 Å². The van der Waals surface area contributed by atoms with Gasteiger partial charge in [0.05, 0.1) is 16.4 Å². The van der Waals surface area contributed by atoms with E-state index in [0.717, 1.165) is 5.56 Å². The number of thioether (sulfide) groups is 1. The fourth-order valence-corrected chi connectivity index (χ4v) is 2.64. The molecule has 2 aromatic rings. The number of nitrogens with one attached hydrogen (secondary N) is 2. The van der Waals surface area contributed by atoms with Gasteiger partial charge in [0.2, 0.25) is 5.91 Å². The third kappa shape index (κ3) is 5.32. The smallest absolute Gasteiger partial charge is 0.283 e. The Labute approximate surface area is 149 Å². The number of nitrogens with zero attached hydrogens (tertiary/aromatic N) is 1. The van der Waals surface area contributed by atoms with Gasteiger partial charge in [-0.3, -0.25) is 19.7 Å². The van der Waals surface area contributed by atoms with Crippen LogP contribution in [-0.4, -0.2) is 29.5 Å². The average molecular weight is 359 g/mol. The van der Waals surface area contributed by atoms with Crippen molar-refractivity contribution in [2.75, 3.05) is 12.8 Å². The number of carbonyl (C=O) groups excluding carboxylic acids is 2. The Hall–Kier alpha value is -2.87. The van der Waals surface area contributed by atoms with Crippen LogP contribution in [0, 0.1) is 10.1 Å². The van der Waals surface area contributed by atoms with E-state index in [0.29, 0.717) is 11.4 Å². The molecule has 0 heterocycles. The van der Waals surface area contributed by atoms with Crippen LogP contribution in [-0.2, 0) is 11.3 Å². The highest BCUT2D eigenvalue weighted by Gasteiger charge is 2.17. The van der Waals surface area contributed by atoms with Gasteiger partial charge < -0.3 is 10.6 Å². The molecule has 2 rings (SSSR count). The average Bonchev–Trinajstić information content (AvgIpc) is 2.64. The zero-order valence-corrected chi connectivity index (χ0v) is 14.3. The van der Waals surface area contributed by atoms with Crippen molar-refractivity contribution in [3.63, 3.8) is 0 Å². The molecule has 0 aliphatic rings. The fourth-order valence-electron chi connectivity index (χ4n) is 2.10. The van der Waals surface area contributed by atoms with Gasteiger partial charge in [0, 0.05) is 18.2 Å². The Morgan fingerprint density at radius 2 is 1.84 bits per heavy atom. The number of hydrogen-bond donors (Lipinski definition) is 2. The van der Waals surface area contributed by atoms with Crippen LogP contribution in [0.5, 0.6) is 0 Å². The van der Waals surface area contributed by atoms with E-state index in [4.69, 9.17) is 0 Å². The van der Waals surface area contributed by atoms with E-state index >= 15 is 0 Å². The van der Waals surface area contributed by atoms with E-state index < -0.39 is 10.8 Å². The molecule has 25 heavy (non-hydrogen) atoms. The van der Waals surface area contributed by atoms with Crippen molar-refractivity contribution in [1.82, 2.24) is 10.6 Å². The van der Waals surface area contributed by atoms with Crippen LogP contribution in [0.4, 0.5) is 5.69 Å². The van der Waals surface area contributed by atoms with E-state index in [-0.39, 0.29) is 23.7 Å². The molecule has 0 aliphatic carbocycles. The largest absolute Gasteiger partial charge is 0.350 e. The van der Waals surface area contributed by atoms with Gasteiger partial charge in [-0.15, -0.1) is 11.8 Å². The Morgan fingerprint density at radius 3 is 2.48 bits per heavy atom. The van der Waals surface area contributed by atoms with Gasteiger partial charge in [-0.1, -0.05) is 30.3 Å². The Bertz CT molecular complexity index is 781. The quantitative estimate of drug-likeness (QED) is 0.449. The summed E-state index contributed by atoms with van der Waals surface area (Å²) in [4.78, 5) is 34.8. The number of nitro groups is 1. The summed E-state index contributed by atoms with van der Waals surface area (Å²) in [5.41, 5.74) is 0.958. The summed E-state index contributed by atoms with van der Waals surface area (Å²) < 4.78 is 0. The van der Waals surface area contributed by atoms with E-state index in [1.807, 2.05) is 30.3 Å². The third-order valence-corrected chi connectivity index (χ3v) is 4.16. The lowest BCUT2D eigenvalue weighted by atomic mass is 10.2. The fraction of sp³-hybridized carbons (Fsp3) is 0.176. The molecule has 0 aromatic heterocycles. The molecule has 0 unspecified atom stereocenters. The Kier molecular flexibility index (Phi) is 6.53. The van der Waals surface area contributed by atoms with Gasteiger partial charge in [-0.05, 0) is 24.0 Å². The lowest BCUT2D eigenvalue weighted by Gasteiger charge is -2.08. The second-order valence-electron chi connectivity index (χ2n) is 5.09. The van der Waals surface area contributed by atoms with Crippen molar-refractivity contribution in [1.29, 1.82) is 0 Å². The van der Waals surface area contributed by atoms with Crippen molar-refractivity contribution in [2.45, 2.75) is 11.4 Å². The minimum atomic E-state index is -0.536. The zero-order chi connectivity index (χ0) is 18.2.